The van der Waals surface area contributed by atoms with E-state index in [0.29, 0.717) is 0 Å². The summed E-state index contributed by atoms with van der Waals surface area (Å²) in [5.41, 5.74) is 0. The van der Waals surface area contributed by atoms with Gasteiger partial charge in [-0.3, -0.25) is 0 Å². The van der Waals surface area contributed by atoms with E-state index in [2.05, 4.69) is 37.7 Å². The van der Waals surface area contributed by atoms with E-state index in [1.807, 2.05) is 13.8 Å². The highest BCUT2D eigenvalue weighted by Gasteiger charge is 2.10. The molecular weight excluding hydrogens is 204 g/mol. The van der Waals surface area contributed by atoms with Crippen LogP contribution in [-0.2, 0) is 9.78 Å². The largest absolute Gasteiger partial charge is 0.304 e. The quantitative estimate of drug-likeness (QED) is 0.445. The predicted octanol–water partition coefficient (Wildman–Crippen LogP) is 1.62. The third kappa shape index (κ3) is 8.05. The van der Waals surface area contributed by atoms with E-state index in [0.717, 1.165) is 26.2 Å². The molecule has 0 aliphatic carbocycles. The normalized spacial score (nSPS) is 15.8. The lowest BCUT2D eigenvalue weighted by Crippen LogP contribution is -2.33. The summed E-state index contributed by atoms with van der Waals surface area (Å²) < 4.78 is 0. The lowest BCUT2D eigenvalue weighted by Gasteiger charge is -2.23. The molecule has 0 saturated heterocycles. The number of nitrogens with zero attached hydrogens (tertiary/aromatic N) is 2. The Balaban J connectivity index is 3.62. The lowest BCUT2D eigenvalue weighted by atomic mass is 10.4. The van der Waals surface area contributed by atoms with Gasteiger partial charge in [0.1, 0.15) is 12.2 Å². The number of likely N-dealkylation sites (N-methyl/N-ethyl adjacent to an activating group) is 2. The molecule has 16 heavy (non-hydrogen) atoms. The fourth-order valence-electron chi connectivity index (χ4n) is 1.39. The molecule has 0 heterocycles. The molecule has 0 aliphatic heterocycles. The Morgan fingerprint density at radius 2 is 1.12 bits per heavy atom. The Labute approximate surface area is 100 Å². The third-order valence-corrected chi connectivity index (χ3v) is 2.60. The van der Waals surface area contributed by atoms with Crippen molar-refractivity contribution in [1.82, 2.24) is 9.80 Å². The fraction of sp³-hybridized carbons (Fsp3) is 1.00. The van der Waals surface area contributed by atoms with Gasteiger partial charge in [0.25, 0.3) is 0 Å². The van der Waals surface area contributed by atoms with E-state index >= 15 is 0 Å². The second-order valence-electron chi connectivity index (χ2n) is 4.52. The molecule has 2 atom stereocenters. The average molecular weight is 232 g/mol. The van der Waals surface area contributed by atoms with Crippen LogP contribution in [0.4, 0.5) is 0 Å². The van der Waals surface area contributed by atoms with E-state index in [-0.39, 0.29) is 12.2 Å². The first kappa shape index (κ1) is 15.8. The molecule has 0 fully saturated rings. The van der Waals surface area contributed by atoms with Crippen molar-refractivity contribution < 1.29 is 9.78 Å². The standard InChI is InChI=1S/C12H28N2O2/c1-7-13(5)9-11(3)15-16-12(4)10-14(6)8-2/h11-12H,7-10H2,1-6H3. The van der Waals surface area contributed by atoms with Crippen LogP contribution in [0.15, 0.2) is 0 Å². The first-order valence-electron chi connectivity index (χ1n) is 6.18. The molecular formula is C12H28N2O2. The van der Waals surface area contributed by atoms with Crippen LogP contribution >= 0.6 is 0 Å². The first-order valence-corrected chi connectivity index (χ1v) is 6.18. The van der Waals surface area contributed by atoms with E-state index < -0.39 is 0 Å². The zero-order valence-electron chi connectivity index (χ0n) is 11.7. The molecule has 0 amide bonds. The molecule has 0 aliphatic rings. The predicted molar refractivity (Wildman–Crippen MR) is 67.4 cm³/mol. The summed E-state index contributed by atoms with van der Waals surface area (Å²) >= 11 is 0. The van der Waals surface area contributed by atoms with Crippen LogP contribution in [0.1, 0.15) is 27.7 Å². The van der Waals surface area contributed by atoms with E-state index in [4.69, 9.17) is 9.78 Å². The van der Waals surface area contributed by atoms with Crippen LogP contribution in [0, 0.1) is 0 Å². The highest BCUT2D eigenvalue weighted by molar-refractivity contribution is 4.56. The van der Waals surface area contributed by atoms with Crippen molar-refractivity contribution in [3.8, 4) is 0 Å². The zero-order chi connectivity index (χ0) is 12.6. The second kappa shape index (κ2) is 8.93. The van der Waals surface area contributed by atoms with Gasteiger partial charge in [-0.15, -0.1) is 0 Å². The smallest absolute Gasteiger partial charge is 0.103 e. The molecule has 2 unspecified atom stereocenters. The molecule has 0 rings (SSSR count). The van der Waals surface area contributed by atoms with Crippen molar-refractivity contribution in [3.05, 3.63) is 0 Å². The molecule has 0 bridgehead atoms. The summed E-state index contributed by atoms with van der Waals surface area (Å²) in [6, 6.07) is 0. The first-order chi connectivity index (χ1) is 7.49. The molecule has 0 saturated carbocycles. The van der Waals surface area contributed by atoms with Gasteiger partial charge in [0.05, 0.1) is 0 Å². The average Bonchev–Trinajstić information content (AvgIpc) is 2.26. The van der Waals surface area contributed by atoms with Crippen LogP contribution in [0.5, 0.6) is 0 Å². The maximum absolute atomic E-state index is 5.35. The molecule has 0 aromatic rings. The van der Waals surface area contributed by atoms with E-state index in [9.17, 15) is 0 Å². The van der Waals surface area contributed by atoms with Gasteiger partial charge in [0.15, 0.2) is 0 Å². The molecule has 0 spiro atoms. The van der Waals surface area contributed by atoms with Gasteiger partial charge in [-0.2, -0.15) is 0 Å². The van der Waals surface area contributed by atoms with Crippen molar-refractivity contribution in [2.24, 2.45) is 0 Å². The van der Waals surface area contributed by atoms with Gasteiger partial charge in [-0.25, -0.2) is 9.78 Å². The molecule has 4 nitrogen and oxygen atoms in total. The Morgan fingerprint density at radius 3 is 1.38 bits per heavy atom. The fourth-order valence-corrected chi connectivity index (χ4v) is 1.39. The molecule has 0 radical (unpaired) electrons. The minimum atomic E-state index is 0.110. The molecule has 0 aromatic heterocycles. The Hall–Kier alpha value is -0.160. The van der Waals surface area contributed by atoms with Gasteiger partial charge in [0, 0.05) is 13.1 Å². The maximum Gasteiger partial charge on any atom is 0.103 e. The molecule has 0 N–H and O–H groups in total. The highest BCUT2D eigenvalue weighted by atomic mass is 17.2. The van der Waals surface area contributed by atoms with Crippen molar-refractivity contribution >= 4 is 0 Å². The van der Waals surface area contributed by atoms with Crippen LogP contribution in [0.2, 0.25) is 0 Å². The monoisotopic (exact) mass is 232 g/mol. The molecule has 0 aromatic carbocycles. The van der Waals surface area contributed by atoms with Gasteiger partial charge < -0.3 is 9.80 Å². The summed E-state index contributed by atoms with van der Waals surface area (Å²) in [6.45, 7) is 12.2. The van der Waals surface area contributed by atoms with Crippen molar-refractivity contribution in [3.63, 3.8) is 0 Å². The van der Waals surface area contributed by atoms with Gasteiger partial charge in [0.2, 0.25) is 0 Å². The third-order valence-electron chi connectivity index (χ3n) is 2.60. The van der Waals surface area contributed by atoms with Crippen LogP contribution in [0.25, 0.3) is 0 Å². The number of hydrogen-bond acceptors (Lipinski definition) is 4. The molecule has 4 heteroatoms. The summed E-state index contributed by atoms with van der Waals surface area (Å²) in [7, 11) is 4.16. The maximum atomic E-state index is 5.35. The Morgan fingerprint density at radius 1 is 0.812 bits per heavy atom. The summed E-state index contributed by atoms with van der Waals surface area (Å²) in [4.78, 5) is 15.1. The summed E-state index contributed by atoms with van der Waals surface area (Å²) in [5.74, 6) is 0. The Kier molecular flexibility index (Phi) is 8.84. The van der Waals surface area contributed by atoms with Crippen molar-refractivity contribution in [2.45, 2.75) is 39.9 Å². The highest BCUT2D eigenvalue weighted by Crippen LogP contribution is 2.00. The second-order valence-corrected chi connectivity index (χ2v) is 4.52. The number of hydrogen-bond donors (Lipinski definition) is 0. The van der Waals surface area contributed by atoms with Crippen molar-refractivity contribution in [2.75, 3.05) is 40.3 Å². The summed E-state index contributed by atoms with van der Waals surface area (Å²) in [5, 5.41) is 0. The lowest BCUT2D eigenvalue weighted by molar-refractivity contribution is -0.346. The Bertz CT molecular complexity index is 149. The topological polar surface area (TPSA) is 24.9 Å². The van der Waals surface area contributed by atoms with Crippen LogP contribution in [0.3, 0.4) is 0 Å². The van der Waals surface area contributed by atoms with Crippen LogP contribution < -0.4 is 0 Å². The van der Waals surface area contributed by atoms with Crippen molar-refractivity contribution in [1.29, 1.82) is 0 Å². The molecule has 98 valence electrons. The van der Waals surface area contributed by atoms with Gasteiger partial charge >= 0.3 is 0 Å². The van der Waals surface area contributed by atoms with Crippen LogP contribution in [-0.4, -0.2) is 62.3 Å². The van der Waals surface area contributed by atoms with Gasteiger partial charge in [-0.05, 0) is 41.0 Å². The minimum Gasteiger partial charge on any atom is -0.304 e. The minimum absolute atomic E-state index is 0.110. The SMILES string of the molecule is CCN(C)CC(C)OOC(C)CN(C)CC. The van der Waals surface area contributed by atoms with E-state index in [1.165, 1.54) is 0 Å². The number of rotatable bonds is 9. The summed E-state index contributed by atoms with van der Waals surface area (Å²) in [6.07, 6.45) is 0.221. The van der Waals surface area contributed by atoms with E-state index in [1.54, 1.807) is 0 Å². The van der Waals surface area contributed by atoms with Gasteiger partial charge in [-0.1, -0.05) is 13.8 Å². The zero-order valence-corrected chi connectivity index (χ0v) is 11.7.